The number of piperidine rings is 1. The van der Waals surface area contributed by atoms with Gasteiger partial charge in [-0.1, -0.05) is 35.3 Å². The van der Waals surface area contributed by atoms with Gasteiger partial charge in [0, 0.05) is 21.7 Å². The van der Waals surface area contributed by atoms with Crippen molar-refractivity contribution < 1.29 is 4.79 Å². The van der Waals surface area contributed by atoms with Gasteiger partial charge in [0.05, 0.1) is 17.6 Å². The standard InChI is InChI=1S/C20H20Cl2N4O/c21-14-9-15(22)11-16(10-14)23-20(27)13-5-7-26(8-6-13)12-19-24-17-3-1-2-4-18(17)25-19/h1-4,9-11,13H,5-8,12H2,(H,23,27)(H,24,25). The topological polar surface area (TPSA) is 61.0 Å². The molecule has 2 N–H and O–H groups in total. The van der Waals surface area contributed by atoms with E-state index in [4.69, 9.17) is 23.2 Å². The fraction of sp³-hybridized carbons (Fsp3) is 0.300. The van der Waals surface area contributed by atoms with Crippen LogP contribution in [0, 0.1) is 5.92 Å². The van der Waals surface area contributed by atoms with Crippen LogP contribution in [-0.2, 0) is 11.3 Å². The van der Waals surface area contributed by atoms with Gasteiger partial charge in [-0.05, 0) is 56.3 Å². The third-order valence-corrected chi connectivity index (χ3v) is 5.34. The highest BCUT2D eigenvalue weighted by Crippen LogP contribution is 2.25. The molecule has 0 aliphatic carbocycles. The van der Waals surface area contributed by atoms with E-state index in [2.05, 4.69) is 20.2 Å². The van der Waals surface area contributed by atoms with E-state index in [1.165, 1.54) is 0 Å². The lowest BCUT2D eigenvalue weighted by Crippen LogP contribution is -2.38. The monoisotopic (exact) mass is 402 g/mol. The Morgan fingerprint density at radius 2 is 1.85 bits per heavy atom. The molecule has 1 saturated heterocycles. The van der Waals surface area contributed by atoms with E-state index in [1.807, 2.05) is 24.3 Å². The molecule has 27 heavy (non-hydrogen) atoms. The van der Waals surface area contributed by atoms with Crippen molar-refractivity contribution >= 4 is 45.8 Å². The molecule has 0 bridgehead atoms. The first kappa shape index (κ1) is 18.3. The molecule has 0 radical (unpaired) electrons. The zero-order chi connectivity index (χ0) is 18.8. The molecule has 0 atom stereocenters. The van der Waals surface area contributed by atoms with E-state index >= 15 is 0 Å². The van der Waals surface area contributed by atoms with Crippen molar-refractivity contribution in [1.29, 1.82) is 0 Å². The minimum absolute atomic E-state index is 0.00493. The van der Waals surface area contributed by atoms with Gasteiger partial charge in [0.1, 0.15) is 5.82 Å². The van der Waals surface area contributed by atoms with Crippen LogP contribution in [0.2, 0.25) is 10.0 Å². The highest BCUT2D eigenvalue weighted by molar-refractivity contribution is 6.35. The minimum Gasteiger partial charge on any atom is -0.341 e. The Balaban J connectivity index is 1.32. The fourth-order valence-corrected chi connectivity index (χ4v) is 4.04. The molecular formula is C20H20Cl2N4O. The summed E-state index contributed by atoms with van der Waals surface area (Å²) < 4.78 is 0. The van der Waals surface area contributed by atoms with Gasteiger partial charge in [0.15, 0.2) is 0 Å². The third-order valence-electron chi connectivity index (χ3n) is 4.90. The summed E-state index contributed by atoms with van der Waals surface area (Å²) in [4.78, 5) is 22.9. The van der Waals surface area contributed by atoms with Crippen LogP contribution >= 0.6 is 23.2 Å². The number of aromatic nitrogens is 2. The summed E-state index contributed by atoms with van der Waals surface area (Å²) in [6.45, 7) is 2.50. The van der Waals surface area contributed by atoms with Crippen LogP contribution in [-0.4, -0.2) is 33.9 Å². The van der Waals surface area contributed by atoms with Crippen molar-refractivity contribution in [1.82, 2.24) is 14.9 Å². The van der Waals surface area contributed by atoms with Gasteiger partial charge in [0.2, 0.25) is 5.91 Å². The lowest BCUT2D eigenvalue weighted by atomic mass is 9.96. The lowest BCUT2D eigenvalue weighted by Gasteiger charge is -2.30. The second kappa shape index (κ2) is 7.89. The van der Waals surface area contributed by atoms with E-state index in [9.17, 15) is 4.79 Å². The largest absolute Gasteiger partial charge is 0.341 e. The number of carbonyl (C=O) groups excluding carboxylic acids is 1. The van der Waals surface area contributed by atoms with Crippen molar-refractivity contribution in [3.8, 4) is 0 Å². The molecule has 2 heterocycles. The molecule has 1 amide bonds. The minimum atomic E-state index is -0.00493. The predicted octanol–water partition coefficient (Wildman–Crippen LogP) is 4.72. The summed E-state index contributed by atoms with van der Waals surface area (Å²) in [5.41, 5.74) is 2.69. The van der Waals surface area contributed by atoms with Crippen LogP contribution in [0.15, 0.2) is 42.5 Å². The summed E-state index contributed by atoms with van der Waals surface area (Å²) in [6.07, 6.45) is 1.64. The Kier molecular flexibility index (Phi) is 5.34. The number of imidazole rings is 1. The molecule has 1 aliphatic rings. The smallest absolute Gasteiger partial charge is 0.227 e. The normalized spacial score (nSPS) is 15.9. The number of fused-ring (bicyclic) bond motifs is 1. The van der Waals surface area contributed by atoms with E-state index in [0.29, 0.717) is 15.7 Å². The highest BCUT2D eigenvalue weighted by Gasteiger charge is 2.25. The van der Waals surface area contributed by atoms with Crippen LogP contribution < -0.4 is 5.32 Å². The Hall–Kier alpha value is -2.08. The summed E-state index contributed by atoms with van der Waals surface area (Å²) in [5.74, 6) is 0.985. The van der Waals surface area contributed by atoms with Gasteiger partial charge in [-0.2, -0.15) is 0 Å². The molecule has 0 unspecified atom stereocenters. The van der Waals surface area contributed by atoms with Crippen molar-refractivity contribution in [2.24, 2.45) is 5.92 Å². The molecule has 1 aromatic heterocycles. The number of H-pyrrole nitrogens is 1. The number of nitrogens with one attached hydrogen (secondary N) is 2. The number of likely N-dealkylation sites (tertiary alicyclic amines) is 1. The third kappa shape index (κ3) is 4.43. The number of rotatable bonds is 4. The maximum atomic E-state index is 12.5. The van der Waals surface area contributed by atoms with Gasteiger partial charge in [-0.15, -0.1) is 0 Å². The molecule has 0 spiro atoms. The number of anilines is 1. The molecule has 140 valence electrons. The van der Waals surface area contributed by atoms with Crippen molar-refractivity contribution in [2.75, 3.05) is 18.4 Å². The van der Waals surface area contributed by atoms with E-state index in [1.54, 1.807) is 18.2 Å². The maximum Gasteiger partial charge on any atom is 0.227 e. The quantitative estimate of drug-likeness (QED) is 0.663. The Bertz CT molecular complexity index is 910. The average molecular weight is 403 g/mol. The van der Waals surface area contributed by atoms with Crippen LogP contribution in [0.5, 0.6) is 0 Å². The number of amides is 1. The second-order valence-corrected chi connectivity index (χ2v) is 7.77. The molecular weight excluding hydrogens is 383 g/mol. The fourth-order valence-electron chi connectivity index (χ4n) is 3.52. The molecule has 2 aromatic carbocycles. The van der Waals surface area contributed by atoms with Gasteiger partial charge >= 0.3 is 0 Å². The number of para-hydroxylation sites is 2. The number of benzene rings is 2. The zero-order valence-electron chi connectivity index (χ0n) is 14.7. The van der Waals surface area contributed by atoms with Crippen molar-refractivity contribution in [3.63, 3.8) is 0 Å². The SMILES string of the molecule is O=C(Nc1cc(Cl)cc(Cl)c1)C1CCN(Cc2nc3ccccc3[nH]2)CC1. The van der Waals surface area contributed by atoms with E-state index in [-0.39, 0.29) is 11.8 Å². The maximum absolute atomic E-state index is 12.5. The molecule has 7 heteroatoms. The molecule has 1 fully saturated rings. The number of halogens is 2. The first-order chi connectivity index (χ1) is 13.1. The Labute approximate surface area is 167 Å². The number of aromatic amines is 1. The zero-order valence-corrected chi connectivity index (χ0v) is 16.2. The first-order valence-corrected chi connectivity index (χ1v) is 9.75. The predicted molar refractivity (Wildman–Crippen MR) is 109 cm³/mol. The van der Waals surface area contributed by atoms with Gasteiger partial charge in [-0.3, -0.25) is 9.69 Å². The van der Waals surface area contributed by atoms with Gasteiger partial charge < -0.3 is 10.3 Å². The van der Waals surface area contributed by atoms with Crippen LogP contribution in [0.4, 0.5) is 5.69 Å². The summed E-state index contributed by atoms with van der Waals surface area (Å²) in [7, 11) is 0. The summed E-state index contributed by atoms with van der Waals surface area (Å²) in [5, 5.41) is 3.96. The molecule has 5 nitrogen and oxygen atoms in total. The van der Waals surface area contributed by atoms with Gasteiger partial charge in [0.25, 0.3) is 0 Å². The van der Waals surface area contributed by atoms with Crippen LogP contribution in [0.1, 0.15) is 18.7 Å². The van der Waals surface area contributed by atoms with E-state index < -0.39 is 0 Å². The second-order valence-electron chi connectivity index (χ2n) is 6.90. The average Bonchev–Trinajstić information content (AvgIpc) is 3.03. The molecule has 4 rings (SSSR count). The van der Waals surface area contributed by atoms with Crippen molar-refractivity contribution in [2.45, 2.75) is 19.4 Å². The lowest BCUT2D eigenvalue weighted by molar-refractivity contribution is -0.121. The Morgan fingerprint density at radius 3 is 2.56 bits per heavy atom. The van der Waals surface area contributed by atoms with Crippen LogP contribution in [0.25, 0.3) is 11.0 Å². The number of nitrogens with zero attached hydrogens (tertiary/aromatic N) is 2. The molecule has 1 aliphatic heterocycles. The first-order valence-electron chi connectivity index (χ1n) is 9.00. The summed E-state index contributed by atoms with van der Waals surface area (Å²) >= 11 is 12.0. The molecule has 0 saturated carbocycles. The number of carbonyl (C=O) groups is 1. The van der Waals surface area contributed by atoms with Crippen LogP contribution in [0.3, 0.4) is 0 Å². The highest BCUT2D eigenvalue weighted by atomic mass is 35.5. The molecule has 3 aromatic rings. The number of hydrogen-bond donors (Lipinski definition) is 2. The summed E-state index contributed by atoms with van der Waals surface area (Å²) in [6, 6.07) is 13.1. The van der Waals surface area contributed by atoms with Gasteiger partial charge in [-0.25, -0.2) is 4.98 Å². The Morgan fingerprint density at radius 1 is 1.15 bits per heavy atom. The van der Waals surface area contributed by atoms with Crippen molar-refractivity contribution in [3.05, 3.63) is 58.3 Å². The van der Waals surface area contributed by atoms with E-state index in [0.717, 1.165) is 49.3 Å². The number of hydrogen-bond acceptors (Lipinski definition) is 3.